The van der Waals surface area contributed by atoms with Gasteiger partial charge in [0.05, 0.1) is 0 Å². The van der Waals surface area contributed by atoms with E-state index in [2.05, 4.69) is 10.4 Å². The Kier molecular flexibility index (Phi) is 5.02. The van der Waals surface area contributed by atoms with Crippen molar-refractivity contribution >= 4 is 23.5 Å². The number of carbonyl (C=O) groups excluding carboxylic acids is 2. The van der Waals surface area contributed by atoms with E-state index in [0.717, 1.165) is 5.01 Å². The molecule has 19 heavy (non-hydrogen) atoms. The molecule has 0 aromatic rings. The summed E-state index contributed by atoms with van der Waals surface area (Å²) in [4.78, 5) is 34.3. The summed E-state index contributed by atoms with van der Waals surface area (Å²) in [6.07, 6.45) is 1.09. The summed E-state index contributed by atoms with van der Waals surface area (Å²) in [5.41, 5.74) is 0.191. The highest BCUT2D eigenvalue weighted by Gasteiger charge is 2.29. The van der Waals surface area contributed by atoms with E-state index >= 15 is 0 Å². The Balaban J connectivity index is 2.75. The van der Waals surface area contributed by atoms with Crippen molar-refractivity contribution in [1.29, 1.82) is 0 Å². The molecule has 1 aliphatic rings. The zero-order valence-electron chi connectivity index (χ0n) is 11.3. The lowest BCUT2D eigenvalue weighted by molar-refractivity contribution is -0.142. The maximum absolute atomic E-state index is 11.9. The minimum Gasteiger partial charge on any atom is -0.480 e. The maximum Gasteiger partial charge on any atom is 0.326 e. The third-order valence-electron chi connectivity index (χ3n) is 3.24. The fraction of sp³-hybridized carbons (Fsp3) is 0.667. The third-order valence-corrected chi connectivity index (χ3v) is 3.24. The number of amides is 2. The van der Waals surface area contributed by atoms with Gasteiger partial charge in [-0.15, -0.1) is 0 Å². The summed E-state index contributed by atoms with van der Waals surface area (Å²) in [6.45, 7) is 3.62. The SMILES string of the molecule is CCC(C)C(NC(=O)C1=NN(C)C(=O)CC1)C(=O)O. The van der Waals surface area contributed by atoms with Crippen molar-refractivity contribution in [1.82, 2.24) is 10.3 Å². The molecule has 0 aliphatic carbocycles. The molecule has 0 aromatic heterocycles. The van der Waals surface area contributed by atoms with E-state index in [1.54, 1.807) is 6.92 Å². The topological polar surface area (TPSA) is 99.1 Å². The van der Waals surface area contributed by atoms with Gasteiger partial charge < -0.3 is 10.4 Å². The number of carboxylic acids is 1. The summed E-state index contributed by atoms with van der Waals surface area (Å²) in [6, 6.07) is -0.942. The first-order valence-electron chi connectivity index (χ1n) is 6.24. The third kappa shape index (κ3) is 3.77. The molecule has 0 saturated carbocycles. The lowest BCUT2D eigenvalue weighted by Crippen LogP contribution is -2.48. The number of rotatable bonds is 5. The molecule has 0 saturated heterocycles. The second-order valence-corrected chi connectivity index (χ2v) is 4.64. The predicted octanol–water partition coefficient (Wildman–Crippen LogP) is 0.210. The van der Waals surface area contributed by atoms with Gasteiger partial charge in [0.1, 0.15) is 11.8 Å². The summed E-state index contributed by atoms with van der Waals surface area (Å²) < 4.78 is 0. The van der Waals surface area contributed by atoms with E-state index < -0.39 is 17.9 Å². The molecule has 1 rings (SSSR count). The molecule has 1 aliphatic heterocycles. The fourth-order valence-electron chi connectivity index (χ4n) is 1.74. The van der Waals surface area contributed by atoms with Crippen molar-refractivity contribution in [3.8, 4) is 0 Å². The fourth-order valence-corrected chi connectivity index (χ4v) is 1.74. The lowest BCUT2D eigenvalue weighted by atomic mass is 9.99. The number of nitrogens with one attached hydrogen (secondary N) is 1. The van der Waals surface area contributed by atoms with Gasteiger partial charge in [0, 0.05) is 19.9 Å². The van der Waals surface area contributed by atoms with Gasteiger partial charge in [-0.3, -0.25) is 9.59 Å². The number of aliphatic carboxylic acids is 1. The molecule has 0 aromatic carbocycles. The second-order valence-electron chi connectivity index (χ2n) is 4.64. The first-order valence-corrected chi connectivity index (χ1v) is 6.24. The largest absolute Gasteiger partial charge is 0.480 e. The van der Waals surface area contributed by atoms with Crippen LogP contribution in [0.5, 0.6) is 0 Å². The molecule has 2 amide bonds. The van der Waals surface area contributed by atoms with Crippen LogP contribution in [-0.4, -0.2) is 46.7 Å². The Bertz CT molecular complexity index is 419. The highest BCUT2D eigenvalue weighted by atomic mass is 16.4. The number of carbonyl (C=O) groups is 3. The Morgan fingerprint density at radius 1 is 1.47 bits per heavy atom. The second kappa shape index (κ2) is 6.31. The van der Waals surface area contributed by atoms with Crippen LogP contribution in [0.25, 0.3) is 0 Å². The van der Waals surface area contributed by atoms with Gasteiger partial charge in [0.2, 0.25) is 5.91 Å². The van der Waals surface area contributed by atoms with E-state index in [1.807, 2.05) is 6.92 Å². The van der Waals surface area contributed by atoms with Crippen LogP contribution in [0.3, 0.4) is 0 Å². The molecule has 0 fully saturated rings. The number of nitrogens with zero attached hydrogens (tertiary/aromatic N) is 2. The van der Waals surface area contributed by atoms with Gasteiger partial charge in [-0.05, 0) is 5.92 Å². The minimum absolute atomic E-state index is 0.159. The number of hydrogen-bond donors (Lipinski definition) is 2. The van der Waals surface area contributed by atoms with Crippen LogP contribution < -0.4 is 5.32 Å². The molecule has 2 unspecified atom stereocenters. The zero-order valence-corrected chi connectivity index (χ0v) is 11.3. The minimum atomic E-state index is -1.07. The van der Waals surface area contributed by atoms with Crippen molar-refractivity contribution in [3.05, 3.63) is 0 Å². The highest BCUT2D eigenvalue weighted by Crippen LogP contribution is 2.10. The average molecular weight is 269 g/mol. The molecular weight excluding hydrogens is 250 g/mol. The van der Waals surface area contributed by atoms with Crippen molar-refractivity contribution in [2.75, 3.05) is 7.05 Å². The molecule has 106 valence electrons. The molecule has 0 bridgehead atoms. The number of hydrazone groups is 1. The van der Waals surface area contributed by atoms with Crippen LogP contribution in [-0.2, 0) is 14.4 Å². The van der Waals surface area contributed by atoms with Gasteiger partial charge in [-0.1, -0.05) is 20.3 Å². The van der Waals surface area contributed by atoms with E-state index in [1.165, 1.54) is 7.05 Å². The van der Waals surface area contributed by atoms with Crippen LogP contribution in [0.4, 0.5) is 0 Å². The quantitative estimate of drug-likeness (QED) is 0.745. The summed E-state index contributed by atoms with van der Waals surface area (Å²) in [5, 5.41) is 16.5. The van der Waals surface area contributed by atoms with Gasteiger partial charge in [0.25, 0.3) is 5.91 Å². The monoisotopic (exact) mass is 269 g/mol. The Hall–Kier alpha value is -1.92. The summed E-state index contributed by atoms with van der Waals surface area (Å²) in [7, 11) is 1.47. The summed E-state index contributed by atoms with van der Waals surface area (Å²) in [5.74, 6) is -1.92. The first kappa shape index (κ1) is 15.1. The molecule has 0 radical (unpaired) electrons. The standard InChI is InChI=1S/C12H19N3O4/c1-4-7(2)10(12(18)19)13-11(17)8-5-6-9(16)15(3)14-8/h7,10H,4-6H2,1-3H3,(H,13,17)(H,18,19). The van der Waals surface area contributed by atoms with Crippen LogP contribution in [0.2, 0.25) is 0 Å². The van der Waals surface area contributed by atoms with E-state index in [0.29, 0.717) is 6.42 Å². The smallest absolute Gasteiger partial charge is 0.326 e. The van der Waals surface area contributed by atoms with E-state index in [4.69, 9.17) is 5.11 Å². The van der Waals surface area contributed by atoms with E-state index in [9.17, 15) is 14.4 Å². The van der Waals surface area contributed by atoms with Crippen LogP contribution in [0.15, 0.2) is 5.10 Å². The Labute approximate surface area is 111 Å². The Morgan fingerprint density at radius 2 is 2.11 bits per heavy atom. The molecule has 0 spiro atoms. The molecule has 2 atom stereocenters. The van der Waals surface area contributed by atoms with Crippen LogP contribution in [0.1, 0.15) is 33.1 Å². The predicted molar refractivity (Wildman–Crippen MR) is 68.5 cm³/mol. The normalized spacial score (nSPS) is 18.6. The Morgan fingerprint density at radius 3 is 2.58 bits per heavy atom. The maximum atomic E-state index is 11.9. The van der Waals surface area contributed by atoms with E-state index in [-0.39, 0.29) is 30.4 Å². The van der Waals surface area contributed by atoms with Gasteiger partial charge >= 0.3 is 5.97 Å². The van der Waals surface area contributed by atoms with Crippen LogP contribution in [0, 0.1) is 5.92 Å². The van der Waals surface area contributed by atoms with Gasteiger partial charge in [-0.2, -0.15) is 5.10 Å². The highest BCUT2D eigenvalue weighted by molar-refractivity contribution is 6.39. The summed E-state index contributed by atoms with van der Waals surface area (Å²) >= 11 is 0. The lowest BCUT2D eigenvalue weighted by Gasteiger charge is -2.23. The van der Waals surface area contributed by atoms with Gasteiger partial charge in [0.15, 0.2) is 0 Å². The van der Waals surface area contributed by atoms with Gasteiger partial charge in [-0.25, -0.2) is 9.80 Å². The van der Waals surface area contributed by atoms with Crippen LogP contribution >= 0.6 is 0 Å². The molecule has 1 heterocycles. The van der Waals surface area contributed by atoms with Crippen molar-refractivity contribution in [3.63, 3.8) is 0 Å². The molecule has 2 N–H and O–H groups in total. The van der Waals surface area contributed by atoms with Crippen molar-refractivity contribution in [2.45, 2.75) is 39.2 Å². The van der Waals surface area contributed by atoms with Crippen molar-refractivity contribution < 1.29 is 19.5 Å². The molecule has 7 nitrogen and oxygen atoms in total. The zero-order chi connectivity index (χ0) is 14.6. The first-order chi connectivity index (χ1) is 8.86. The number of hydrogen-bond acceptors (Lipinski definition) is 4. The van der Waals surface area contributed by atoms with Crippen molar-refractivity contribution in [2.24, 2.45) is 11.0 Å². The molecule has 7 heteroatoms. The number of carboxylic acid groups (broad SMARTS) is 1. The molecular formula is C12H19N3O4. The average Bonchev–Trinajstić information content (AvgIpc) is 2.37.